The van der Waals surface area contributed by atoms with Crippen LogP contribution < -0.4 is 5.32 Å². The van der Waals surface area contributed by atoms with Gasteiger partial charge in [0.15, 0.2) is 0 Å². The van der Waals surface area contributed by atoms with Crippen LogP contribution in [0, 0.1) is 5.92 Å². The molecule has 25 heavy (non-hydrogen) atoms. The number of aromatic nitrogens is 3. The van der Waals surface area contributed by atoms with Crippen LogP contribution in [0.4, 0.5) is 4.79 Å². The molecule has 6 nitrogen and oxygen atoms in total. The fraction of sp³-hybridized carbons (Fsp3) is 0.526. The van der Waals surface area contributed by atoms with Crippen LogP contribution in [-0.4, -0.2) is 38.6 Å². The predicted molar refractivity (Wildman–Crippen MR) is 97.1 cm³/mol. The Morgan fingerprint density at radius 2 is 2.16 bits per heavy atom. The topological polar surface area (TPSA) is 63.1 Å². The molecule has 1 aliphatic heterocycles. The van der Waals surface area contributed by atoms with Crippen molar-refractivity contribution in [3.63, 3.8) is 0 Å². The summed E-state index contributed by atoms with van der Waals surface area (Å²) in [6.45, 7) is 6.54. The number of urea groups is 1. The number of nitrogens with one attached hydrogen (secondary N) is 1. The van der Waals surface area contributed by atoms with E-state index in [0.29, 0.717) is 5.92 Å². The van der Waals surface area contributed by atoms with Crippen LogP contribution in [0.2, 0.25) is 0 Å². The van der Waals surface area contributed by atoms with Crippen molar-refractivity contribution in [1.82, 2.24) is 24.8 Å². The molecule has 1 aliphatic rings. The van der Waals surface area contributed by atoms with Gasteiger partial charge in [-0.15, -0.1) is 0 Å². The third-order valence-corrected chi connectivity index (χ3v) is 4.96. The van der Waals surface area contributed by atoms with E-state index in [9.17, 15) is 4.79 Å². The molecular weight excluding hydrogens is 314 g/mol. The monoisotopic (exact) mass is 341 g/mol. The van der Waals surface area contributed by atoms with E-state index in [1.54, 1.807) is 12.4 Å². The molecule has 1 N–H and O–H groups in total. The quantitative estimate of drug-likeness (QED) is 0.909. The van der Waals surface area contributed by atoms with Crippen molar-refractivity contribution < 1.29 is 4.79 Å². The first-order valence-electron chi connectivity index (χ1n) is 9.12. The summed E-state index contributed by atoms with van der Waals surface area (Å²) in [5.74, 6) is 1.53. The largest absolute Gasteiger partial charge is 0.333 e. The normalized spacial score (nSPS) is 16.6. The molecule has 1 fully saturated rings. The zero-order valence-electron chi connectivity index (χ0n) is 15.1. The molecule has 0 aromatic carbocycles. The molecule has 2 aromatic rings. The number of likely N-dealkylation sites (tertiary alicyclic amines) is 1. The summed E-state index contributed by atoms with van der Waals surface area (Å²) in [5, 5.41) is 3.08. The summed E-state index contributed by atoms with van der Waals surface area (Å²) in [7, 11) is 0. The number of carbonyl (C=O) groups excluding carboxylic acids is 1. The average Bonchev–Trinajstić information content (AvgIpc) is 3.12. The standard InChI is InChI=1S/C19H27N5O/c1-3-23-12-9-21-18(23)15(2)22-19(25)24-10-6-16(7-11-24)13-17-5-4-8-20-14-17/h4-5,8-9,12,14-16H,3,6-7,10-11,13H2,1-2H3,(H,22,25). The van der Waals surface area contributed by atoms with Gasteiger partial charge in [-0.25, -0.2) is 9.78 Å². The maximum absolute atomic E-state index is 12.5. The Hall–Kier alpha value is -2.37. The molecule has 2 aromatic heterocycles. The number of rotatable bonds is 5. The van der Waals surface area contributed by atoms with Crippen molar-refractivity contribution in [3.8, 4) is 0 Å². The van der Waals surface area contributed by atoms with Crippen molar-refractivity contribution in [3.05, 3.63) is 48.3 Å². The molecule has 6 heteroatoms. The highest BCUT2D eigenvalue weighted by Gasteiger charge is 2.24. The van der Waals surface area contributed by atoms with E-state index in [0.717, 1.165) is 44.7 Å². The second kappa shape index (κ2) is 8.14. The van der Waals surface area contributed by atoms with Crippen molar-refractivity contribution in [2.75, 3.05) is 13.1 Å². The Morgan fingerprint density at radius 3 is 2.84 bits per heavy atom. The van der Waals surface area contributed by atoms with Crippen LogP contribution in [0.15, 0.2) is 36.9 Å². The Balaban J connectivity index is 1.48. The number of piperidine rings is 1. The van der Waals surface area contributed by atoms with Crippen molar-refractivity contribution >= 4 is 6.03 Å². The number of hydrogen-bond acceptors (Lipinski definition) is 3. The van der Waals surface area contributed by atoms with Gasteiger partial charge < -0.3 is 14.8 Å². The summed E-state index contributed by atoms with van der Waals surface area (Å²) in [6.07, 6.45) is 10.6. The molecular formula is C19H27N5O. The van der Waals surface area contributed by atoms with Gasteiger partial charge in [0.05, 0.1) is 6.04 Å². The fourth-order valence-electron chi connectivity index (χ4n) is 3.50. The van der Waals surface area contributed by atoms with E-state index in [1.807, 2.05) is 30.3 Å². The summed E-state index contributed by atoms with van der Waals surface area (Å²) in [6, 6.07) is 4.04. The molecule has 1 atom stereocenters. The minimum atomic E-state index is -0.0874. The van der Waals surface area contributed by atoms with Gasteiger partial charge in [-0.1, -0.05) is 6.07 Å². The highest BCUT2D eigenvalue weighted by Crippen LogP contribution is 2.22. The Bertz CT molecular complexity index is 676. The van der Waals surface area contributed by atoms with Crippen LogP contribution in [0.3, 0.4) is 0 Å². The Morgan fingerprint density at radius 1 is 1.36 bits per heavy atom. The lowest BCUT2D eigenvalue weighted by atomic mass is 9.91. The van der Waals surface area contributed by atoms with Gasteiger partial charge in [0.1, 0.15) is 5.82 Å². The Labute approximate surface area is 149 Å². The highest BCUT2D eigenvalue weighted by atomic mass is 16.2. The molecule has 1 saturated heterocycles. The van der Waals surface area contributed by atoms with Gasteiger partial charge in [-0.3, -0.25) is 4.98 Å². The summed E-state index contributed by atoms with van der Waals surface area (Å²) in [5.41, 5.74) is 1.28. The van der Waals surface area contributed by atoms with Crippen LogP contribution in [0.5, 0.6) is 0 Å². The summed E-state index contributed by atoms with van der Waals surface area (Å²) in [4.78, 5) is 23.0. The van der Waals surface area contributed by atoms with Crippen LogP contribution in [0.1, 0.15) is 44.1 Å². The fourth-order valence-corrected chi connectivity index (χ4v) is 3.50. The number of nitrogens with zero attached hydrogens (tertiary/aromatic N) is 4. The lowest BCUT2D eigenvalue weighted by molar-refractivity contribution is 0.167. The molecule has 0 bridgehead atoms. The number of aryl methyl sites for hydroxylation is 1. The molecule has 2 amide bonds. The third kappa shape index (κ3) is 4.38. The number of imidazole rings is 1. The number of hydrogen-bond donors (Lipinski definition) is 1. The van der Waals surface area contributed by atoms with E-state index in [-0.39, 0.29) is 12.1 Å². The van der Waals surface area contributed by atoms with Crippen LogP contribution >= 0.6 is 0 Å². The SMILES string of the molecule is CCn1ccnc1C(C)NC(=O)N1CCC(Cc2cccnc2)CC1. The van der Waals surface area contributed by atoms with Gasteiger partial charge in [-0.05, 0) is 50.7 Å². The van der Waals surface area contributed by atoms with E-state index in [1.165, 1.54) is 5.56 Å². The zero-order valence-corrected chi connectivity index (χ0v) is 15.1. The minimum Gasteiger partial charge on any atom is -0.333 e. The molecule has 0 spiro atoms. The lowest BCUT2D eigenvalue weighted by Gasteiger charge is -2.32. The van der Waals surface area contributed by atoms with E-state index >= 15 is 0 Å². The average molecular weight is 341 g/mol. The highest BCUT2D eigenvalue weighted by molar-refractivity contribution is 5.74. The second-order valence-corrected chi connectivity index (χ2v) is 6.74. The first-order valence-corrected chi connectivity index (χ1v) is 9.12. The van der Waals surface area contributed by atoms with Crippen LogP contribution in [-0.2, 0) is 13.0 Å². The molecule has 0 radical (unpaired) electrons. The number of carbonyl (C=O) groups is 1. The molecule has 0 aliphatic carbocycles. The predicted octanol–water partition coefficient (Wildman–Crippen LogP) is 3.02. The first kappa shape index (κ1) is 17.5. The number of pyridine rings is 1. The van der Waals surface area contributed by atoms with Crippen LogP contribution in [0.25, 0.3) is 0 Å². The van der Waals surface area contributed by atoms with Crippen molar-refractivity contribution in [2.45, 2.75) is 45.7 Å². The molecule has 3 rings (SSSR count). The zero-order chi connectivity index (χ0) is 17.6. The third-order valence-electron chi connectivity index (χ3n) is 4.96. The van der Waals surface area contributed by atoms with E-state index in [2.05, 4.69) is 32.8 Å². The van der Waals surface area contributed by atoms with Gasteiger partial charge in [-0.2, -0.15) is 0 Å². The number of amides is 2. The van der Waals surface area contributed by atoms with Gasteiger partial charge in [0.25, 0.3) is 0 Å². The molecule has 3 heterocycles. The van der Waals surface area contributed by atoms with Gasteiger partial charge in [0.2, 0.25) is 0 Å². The lowest BCUT2D eigenvalue weighted by Crippen LogP contribution is -2.45. The van der Waals surface area contributed by atoms with Gasteiger partial charge >= 0.3 is 6.03 Å². The van der Waals surface area contributed by atoms with E-state index < -0.39 is 0 Å². The smallest absolute Gasteiger partial charge is 0.317 e. The first-order chi connectivity index (χ1) is 12.2. The summed E-state index contributed by atoms with van der Waals surface area (Å²) < 4.78 is 2.06. The maximum Gasteiger partial charge on any atom is 0.317 e. The van der Waals surface area contributed by atoms with E-state index in [4.69, 9.17) is 0 Å². The molecule has 1 unspecified atom stereocenters. The Kier molecular flexibility index (Phi) is 5.68. The van der Waals surface area contributed by atoms with Crippen molar-refractivity contribution in [2.24, 2.45) is 5.92 Å². The van der Waals surface area contributed by atoms with Crippen molar-refractivity contribution in [1.29, 1.82) is 0 Å². The maximum atomic E-state index is 12.5. The second-order valence-electron chi connectivity index (χ2n) is 6.74. The molecule has 134 valence electrons. The minimum absolute atomic E-state index is 0.0120. The molecule has 0 saturated carbocycles. The van der Waals surface area contributed by atoms with Gasteiger partial charge in [0, 0.05) is 44.4 Å². The summed E-state index contributed by atoms with van der Waals surface area (Å²) >= 11 is 0.